The normalized spacial score (nSPS) is 26.3. The fraction of sp³-hybridized carbons (Fsp3) is 0.778. The van der Waals surface area contributed by atoms with E-state index in [2.05, 4.69) is 0 Å². The maximum atomic E-state index is 12.4. The van der Waals surface area contributed by atoms with E-state index in [1.54, 1.807) is 26.8 Å². The molecule has 0 N–H and O–H groups in total. The van der Waals surface area contributed by atoms with Crippen molar-refractivity contribution in [3.8, 4) is 0 Å². The van der Waals surface area contributed by atoms with Crippen LogP contribution in [0.3, 0.4) is 0 Å². The summed E-state index contributed by atoms with van der Waals surface area (Å²) in [5, 5.41) is 11.1. The molecule has 0 fully saturated rings. The lowest BCUT2D eigenvalue weighted by Crippen LogP contribution is -2.37. The third kappa shape index (κ3) is 2.11. The summed E-state index contributed by atoms with van der Waals surface area (Å²) < 4.78 is 22.8. The van der Waals surface area contributed by atoms with E-state index in [0.29, 0.717) is 11.5 Å². The number of nitrogens with zero attached hydrogens (tertiary/aromatic N) is 1. The van der Waals surface area contributed by atoms with Crippen LogP contribution in [0.15, 0.2) is 12.3 Å². The zero-order valence-electron chi connectivity index (χ0n) is 9.30. The molecule has 88 valence electrons. The Morgan fingerprint density at radius 3 is 2.33 bits per heavy atom. The Kier molecular flexibility index (Phi) is 3.95. The Hall–Kier alpha value is -0.350. The van der Waals surface area contributed by atoms with E-state index in [4.69, 9.17) is 9.05 Å². The minimum atomic E-state index is -3.38. The zero-order valence-corrected chi connectivity index (χ0v) is 10.2. The maximum absolute atomic E-state index is 12.4. The summed E-state index contributed by atoms with van der Waals surface area (Å²) in [6.45, 7) is 5.59. The van der Waals surface area contributed by atoms with Crippen molar-refractivity contribution in [2.75, 3.05) is 13.2 Å². The highest BCUT2D eigenvalue weighted by Gasteiger charge is 2.48. The molecule has 1 atom stereocenters. The zero-order chi connectivity index (χ0) is 11.5. The first kappa shape index (κ1) is 12.7. The molecule has 0 bridgehead atoms. The number of hydroxylamine groups is 2. The van der Waals surface area contributed by atoms with Gasteiger partial charge in [0.1, 0.15) is 5.28 Å². The summed E-state index contributed by atoms with van der Waals surface area (Å²) in [7, 11) is -3.38. The lowest BCUT2D eigenvalue weighted by Gasteiger charge is -2.44. The first-order chi connectivity index (χ1) is 7.00. The Morgan fingerprint density at radius 2 is 2.00 bits per heavy atom. The van der Waals surface area contributed by atoms with E-state index >= 15 is 0 Å². The van der Waals surface area contributed by atoms with Crippen LogP contribution in [-0.4, -0.2) is 23.6 Å². The fourth-order valence-corrected chi connectivity index (χ4v) is 3.46. The van der Waals surface area contributed by atoms with Crippen molar-refractivity contribution < 1.29 is 13.6 Å². The Balaban J connectivity index is 2.93. The third-order valence-electron chi connectivity index (χ3n) is 2.41. The van der Waals surface area contributed by atoms with Gasteiger partial charge >= 0.3 is 7.60 Å². The van der Waals surface area contributed by atoms with E-state index < -0.39 is 12.9 Å². The van der Waals surface area contributed by atoms with Crippen LogP contribution in [0.2, 0.25) is 0 Å². The predicted molar refractivity (Wildman–Crippen MR) is 58.2 cm³/mol. The summed E-state index contributed by atoms with van der Waals surface area (Å²) in [5.41, 5.74) is 0. The van der Waals surface area contributed by atoms with Crippen LogP contribution in [0.4, 0.5) is 0 Å². The van der Waals surface area contributed by atoms with Gasteiger partial charge in [-0.15, -0.1) is 0 Å². The quantitative estimate of drug-likeness (QED) is 0.684. The van der Waals surface area contributed by atoms with Gasteiger partial charge in [0.05, 0.1) is 13.2 Å². The molecule has 0 saturated heterocycles. The molecule has 0 saturated carbocycles. The highest BCUT2D eigenvalue weighted by Crippen LogP contribution is 2.63. The Labute approximate surface area is 90.2 Å². The first-order valence-electron chi connectivity index (χ1n) is 5.02. The van der Waals surface area contributed by atoms with Gasteiger partial charge in [-0.25, -0.2) is 0 Å². The summed E-state index contributed by atoms with van der Waals surface area (Å²) >= 11 is 0. The topological polar surface area (TPSA) is 61.8 Å². The summed E-state index contributed by atoms with van der Waals surface area (Å²) in [6, 6.07) is 0. The lowest BCUT2D eigenvalue weighted by molar-refractivity contribution is 0.171. The van der Waals surface area contributed by atoms with Crippen LogP contribution in [0.25, 0.3) is 0 Å². The molecule has 1 aliphatic rings. The number of hydrogen-bond donors (Lipinski definition) is 0. The van der Waals surface area contributed by atoms with Crippen molar-refractivity contribution >= 4 is 7.60 Å². The van der Waals surface area contributed by atoms with Crippen molar-refractivity contribution in [3.63, 3.8) is 0 Å². The van der Waals surface area contributed by atoms with E-state index in [1.807, 2.05) is 0 Å². The van der Waals surface area contributed by atoms with Gasteiger partial charge in [-0.3, -0.25) is 4.57 Å². The van der Waals surface area contributed by atoms with E-state index in [1.165, 1.54) is 6.20 Å². The lowest BCUT2D eigenvalue weighted by atomic mass is 10.3. The molecule has 1 unspecified atom stereocenters. The second-order valence-corrected chi connectivity index (χ2v) is 5.94. The van der Waals surface area contributed by atoms with Gasteiger partial charge in [0.15, 0.2) is 0 Å². The average molecular weight is 234 g/mol. The Bertz CT molecular complexity index is 284. The summed E-state index contributed by atoms with van der Waals surface area (Å²) in [4.78, 5) is 0. The van der Waals surface area contributed by atoms with E-state index in [0.717, 1.165) is 0 Å². The number of rotatable bonds is 5. The van der Waals surface area contributed by atoms with Gasteiger partial charge in [-0.05, 0) is 27.0 Å². The van der Waals surface area contributed by atoms with Crippen LogP contribution in [0.1, 0.15) is 27.2 Å². The smallest absolute Gasteiger partial charge is 0.355 e. The molecule has 1 heterocycles. The SMILES string of the molecule is CCOP(=O)(OCC)C1(C)CC=CN1[O-]. The molecule has 0 aromatic heterocycles. The molecule has 0 aliphatic carbocycles. The molecule has 0 amide bonds. The second kappa shape index (κ2) is 4.66. The molecule has 5 nitrogen and oxygen atoms in total. The fourth-order valence-electron chi connectivity index (χ4n) is 1.51. The second-order valence-electron chi connectivity index (χ2n) is 3.46. The Morgan fingerprint density at radius 1 is 1.47 bits per heavy atom. The minimum absolute atomic E-state index is 0.265. The van der Waals surface area contributed by atoms with Crippen molar-refractivity contribution in [1.82, 2.24) is 5.06 Å². The predicted octanol–water partition coefficient (Wildman–Crippen LogP) is 2.69. The van der Waals surface area contributed by atoms with Crippen molar-refractivity contribution in [3.05, 3.63) is 17.5 Å². The van der Waals surface area contributed by atoms with E-state index in [-0.39, 0.29) is 13.2 Å². The van der Waals surface area contributed by atoms with Gasteiger partial charge < -0.3 is 19.3 Å². The van der Waals surface area contributed by atoms with Crippen molar-refractivity contribution in [1.29, 1.82) is 0 Å². The monoisotopic (exact) mass is 234 g/mol. The molecule has 0 aromatic rings. The minimum Gasteiger partial charge on any atom is -0.758 e. The molecule has 0 aromatic carbocycles. The molecule has 15 heavy (non-hydrogen) atoms. The molecule has 0 radical (unpaired) electrons. The summed E-state index contributed by atoms with van der Waals surface area (Å²) in [6.07, 6.45) is 3.43. The van der Waals surface area contributed by atoms with Gasteiger partial charge in [0.2, 0.25) is 0 Å². The highest BCUT2D eigenvalue weighted by atomic mass is 31.2. The standard InChI is InChI=1S/C9H17NO4P/c1-4-13-15(12,14-5-2)9(3)7-6-8-10(9)11/h6,8H,4-5,7H2,1-3H3/q-1. The first-order valence-corrected chi connectivity index (χ1v) is 6.57. The molecule has 1 aliphatic heterocycles. The third-order valence-corrected chi connectivity index (χ3v) is 5.16. The van der Waals surface area contributed by atoms with Crippen LogP contribution >= 0.6 is 7.60 Å². The molecule has 1 rings (SSSR count). The van der Waals surface area contributed by atoms with Crippen LogP contribution in [0, 0.1) is 5.21 Å². The number of hydrogen-bond acceptors (Lipinski definition) is 5. The molecular weight excluding hydrogens is 217 g/mol. The van der Waals surface area contributed by atoms with Crippen molar-refractivity contribution in [2.45, 2.75) is 32.5 Å². The summed E-state index contributed by atoms with van der Waals surface area (Å²) in [5.74, 6) is 0. The van der Waals surface area contributed by atoms with Crippen molar-refractivity contribution in [2.24, 2.45) is 0 Å². The average Bonchev–Trinajstić information content (AvgIpc) is 2.49. The maximum Gasteiger partial charge on any atom is 0.355 e. The van der Waals surface area contributed by atoms with Gasteiger partial charge in [0.25, 0.3) is 0 Å². The van der Waals surface area contributed by atoms with Crippen LogP contribution in [0.5, 0.6) is 0 Å². The van der Waals surface area contributed by atoms with E-state index in [9.17, 15) is 9.77 Å². The van der Waals surface area contributed by atoms with Gasteiger partial charge in [-0.1, -0.05) is 6.08 Å². The van der Waals surface area contributed by atoms with Gasteiger partial charge in [-0.2, -0.15) is 0 Å². The van der Waals surface area contributed by atoms with Crippen LogP contribution < -0.4 is 0 Å². The molecule has 6 heteroatoms. The van der Waals surface area contributed by atoms with Crippen LogP contribution in [-0.2, 0) is 13.6 Å². The largest absolute Gasteiger partial charge is 0.758 e. The molecular formula is C9H17NO4P-. The van der Waals surface area contributed by atoms with Gasteiger partial charge in [0, 0.05) is 6.42 Å². The highest BCUT2D eigenvalue weighted by molar-refractivity contribution is 7.55. The molecule has 0 spiro atoms.